The molecule has 2 aromatic heterocycles. The topological polar surface area (TPSA) is 66.7 Å². The van der Waals surface area contributed by atoms with E-state index in [0.717, 1.165) is 11.1 Å². The molecule has 0 aliphatic heterocycles. The van der Waals surface area contributed by atoms with Crippen molar-refractivity contribution in [2.24, 2.45) is 0 Å². The first-order valence-corrected chi connectivity index (χ1v) is 6.31. The molecule has 19 heavy (non-hydrogen) atoms. The zero-order chi connectivity index (χ0) is 13.4. The fourth-order valence-electron chi connectivity index (χ4n) is 1.99. The second kappa shape index (κ2) is 4.73. The molecule has 0 saturated carbocycles. The summed E-state index contributed by atoms with van der Waals surface area (Å²) in [5, 5.41) is 17.4. The zero-order valence-corrected chi connectivity index (χ0v) is 11.2. The summed E-state index contributed by atoms with van der Waals surface area (Å²) < 4.78 is 2.05. The number of aromatic nitrogens is 4. The van der Waals surface area contributed by atoms with E-state index in [1.54, 1.807) is 16.8 Å². The number of pyridine rings is 1. The van der Waals surface area contributed by atoms with Crippen LogP contribution in [0, 0.1) is 4.77 Å². The Morgan fingerprint density at radius 2 is 2.21 bits per heavy atom. The van der Waals surface area contributed by atoms with Gasteiger partial charge in [-0.1, -0.05) is 11.6 Å². The van der Waals surface area contributed by atoms with Gasteiger partial charge in [0.05, 0.1) is 16.2 Å². The van der Waals surface area contributed by atoms with Gasteiger partial charge < -0.3 is 5.11 Å². The molecule has 0 unspecified atom stereocenters. The maximum Gasteiger partial charge on any atom is 0.200 e. The number of halogens is 1. The van der Waals surface area contributed by atoms with Gasteiger partial charge in [-0.05, 0) is 36.5 Å². The standard InChI is InChI=1S/C12H9ClN4OS/c13-8-3-4-9(11-7(8)2-1-5-14-11)17-10(6-18)15-16-12(17)19/h1-5,18H,6H2,(H,16,19). The molecule has 0 bridgehead atoms. The molecule has 2 heterocycles. The second-order valence-corrected chi connectivity index (χ2v) is 4.70. The van der Waals surface area contributed by atoms with Crippen LogP contribution in [0.1, 0.15) is 5.82 Å². The highest BCUT2D eigenvalue weighted by Gasteiger charge is 2.12. The predicted molar refractivity (Wildman–Crippen MR) is 75.0 cm³/mol. The minimum atomic E-state index is -0.218. The van der Waals surface area contributed by atoms with Crippen LogP contribution in [0.25, 0.3) is 16.6 Å². The summed E-state index contributed by atoms with van der Waals surface area (Å²) in [5.74, 6) is 0.430. The average molecular weight is 293 g/mol. The van der Waals surface area contributed by atoms with E-state index in [9.17, 15) is 5.11 Å². The van der Waals surface area contributed by atoms with Crippen LogP contribution in [0.5, 0.6) is 0 Å². The van der Waals surface area contributed by atoms with E-state index in [1.165, 1.54) is 0 Å². The number of hydrogen-bond donors (Lipinski definition) is 2. The van der Waals surface area contributed by atoms with Crippen molar-refractivity contribution in [2.75, 3.05) is 0 Å². The van der Waals surface area contributed by atoms with Gasteiger partial charge in [0.25, 0.3) is 0 Å². The molecule has 7 heteroatoms. The van der Waals surface area contributed by atoms with Gasteiger partial charge in [0.1, 0.15) is 6.61 Å². The monoisotopic (exact) mass is 292 g/mol. The lowest BCUT2D eigenvalue weighted by atomic mass is 10.2. The Morgan fingerprint density at radius 3 is 3.00 bits per heavy atom. The van der Waals surface area contributed by atoms with E-state index in [0.29, 0.717) is 21.1 Å². The van der Waals surface area contributed by atoms with Crippen LogP contribution in [-0.4, -0.2) is 24.9 Å². The molecule has 0 atom stereocenters. The fraction of sp³-hybridized carbons (Fsp3) is 0.0833. The molecule has 3 aromatic rings. The summed E-state index contributed by atoms with van der Waals surface area (Å²) in [7, 11) is 0. The van der Waals surface area contributed by atoms with Crippen molar-refractivity contribution in [3.63, 3.8) is 0 Å². The van der Waals surface area contributed by atoms with Crippen LogP contribution in [0.4, 0.5) is 0 Å². The lowest BCUT2D eigenvalue weighted by Crippen LogP contribution is -2.03. The van der Waals surface area contributed by atoms with Gasteiger partial charge in [0.2, 0.25) is 0 Å². The third-order valence-electron chi connectivity index (χ3n) is 2.82. The van der Waals surface area contributed by atoms with Gasteiger partial charge >= 0.3 is 0 Å². The van der Waals surface area contributed by atoms with Crippen molar-refractivity contribution in [2.45, 2.75) is 6.61 Å². The summed E-state index contributed by atoms with van der Waals surface area (Å²) in [6, 6.07) is 7.29. The lowest BCUT2D eigenvalue weighted by Gasteiger charge is -2.09. The quantitative estimate of drug-likeness (QED) is 0.713. The van der Waals surface area contributed by atoms with Gasteiger partial charge in [-0.15, -0.1) is 0 Å². The summed E-state index contributed by atoms with van der Waals surface area (Å²) in [5.41, 5.74) is 1.45. The smallest absolute Gasteiger partial charge is 0.200 e. The maximum absolute atomic E-state index is 9.32. The number of aliphatic hydroxyl groups is 1. The van der Waals surface area contributed by atoms with Crippen molar-refractivity contribution < 1.29 is 5.11 Å². The Hall–Kier alpha value is -1.76. The maximum atomic E-state index is 9.32. The SMILES string of the molecule is OCc1n[nH]c(=S)n1-c1ccc(Cl)c2cccnc12. The number of aromatic amines is 1. The molecule has 1 aromatic carbocycles. The first-order valence-electron chi connectivity index (χ1n) is 5.53. The molecular formula is C12H9ClN4OS. The van der Waals surface area contributed by atoms with Gasteiger partial charge in [-0.25, -0.2) is 0 Å². The first-order chi connectivity index (χ1) is 9.22. The molecule has 0 amide bonds. The van der Waals surface area contributed by atoms with Crippen LogP contribution >= 0.6 is 23.8 Å². The number of nitrogens with zero attached hydrogens (tertiary/aromatic N) is 3. The number of nitrogens with one attached hydrogen (secondary N) is 1. The number of aliphatic hydroxyl groups excluding tert-OH is 1. The highest BCUT2D eigenvalue weighted by atomic mass is 35.5. The summed E-state index contributed by atoms with van der Waals surface area (Å²) in [6.07, 6.45) is 1.68. The van der Waals surface area contributed by atoms with Gasteiger partial charge in [0.15, 0.2) is 10.6 Å². The Balaban J connectivity index is 2.41. The number of hydrogen-bond acceptors (Lipinski definition) is 4. The number of H-pyrrole nitrogens is 1. The molecule has 0 radical (unpaired) electrons. The Morgan fingerprint density at radius 1 is 1.37 bits per heavy atom. The van der Waals surface area contributed by atoms with Crippen LogP contribution in [-0.2, 0) is 6.61 Å². The molecule has 3 rings (SSSR count). The Bertz CT molecular complexity index is 811. The van der Waals surface area contributed by atoms with Gasteiger partial charge in [-0.2, -0.15) is 5.10 Å². The molecule has 2 N–H and O–H groups in total. The molecule has 0 fully saturated rings. The summed E-state index contributed by atoms with van der Waals surface area (Å²) in [4.78, 5) is 4.34. The van der Waals surface area contributed by atoms with Crippen molar-refractivity contribution in [1.82, 2.24) is 19.7 Å². The molecule has 5 nitrogen and oxygen atoms in total. The van der Waals surface area contributed by atoms with Crippen molar-refractivity contribution in [3.05, 3.63) is 46.1 Å². The van der Waals surface area contributed by atoms with Gasteiger partial charge in [0, 0.05) is 11.6 Å². The largest absolute Gasteiger partial charge is 0.388 e. The molecule has 0 aliphatic carbocycles. The van der Waals surface area contributed by atoms with E-state index < -0.39 is 0 Å². The predicted octanol–water partition coefficient (Wildman–Crippen LogP) is 2.62. The number of benzene rings is 1. The summed E-state index contributed by atoms with van der Waals surface area (Å²) in [6.45, 7) is -0.218. The van der Waals surface area contributed by atoms with Crippen LogP contribution in [0.2, 0.25) is 5.02 Å². The number of rotatable bonds is 2. The minimum absolute atomic E-state index is 0.218. The first kappa shape index (κ1) is 12.3. The normalized spacial score (nSPS) is 11.1. The van der Waals surface area contributed by atoms with Crippen LogP contribution in [0.3, 0.4) is 0 Å². The van der Waals surface area contributed by atoms with Crippen molar-refractivity contribution >= 4 is 34.7 Å². The van der Waals surface area contributed by atoms with Crippen LogP contribution in [0.15, 0.2) is 30.5 Å². The zero-order valence-electron chi connectivity index (χ0n) is 9.67. The van der Waals surface area contributed by atoms with Crippen molar-refractivity contribution in [3.8, 4) is 5.69 Å². The van der Waals surface area contributed by atoms with E-state index in [4.69, 9.17) is 23.8 Å². The van der Waals surface area contributed by atoms with E-state index in [2.05, 4.69) is 15.2 Å². The third kappa shape index (κ3) is 1.94. The van der Waals surface area contributed by atoms with E-state index >= 15 is 0 Å². The number of fused-ring (bicyclic) bond motifs is 1. The molecule has 96 valence electrons. The van der Waals surface area contributed by atoms with E-state index in [1.807, 2.05) is 18.2 Å². The molecule has 0 saturated heterocycles. The minimum Gasteiger partial charge on any atom is -0.388 e. The highest BCUT2D eigenvalue weighted by Crippen LogP contribution is 2.27. The second-order valence-electron chi connectivity index (χ2n) is 3.90. The van der Waals surface area contributed by atoms with Crippen molar-refractivity contribution in [1.29, 1.82) is 0 Å². The van der Waals surface area contributed by atoms with Crippen LogP contribution < -0.4 is 0 Å². The summed E-state index contributed by atoms with van der Waals surface area (Å²) >= 11 is 11.3. The van der Waals surface area contributed by atoms with E-state index in [-0.39, 0.29) is 6.61 Å². The van der Waals surface area contributed by atoms with Gasteiger partial charge in [-0.3, -0.25) is 14.6 Å². The lowest BCUT2D eigenvalue weighted by molar-refractivity contribution is 0.269. The Kier molecular flexibility index (Phi) is 3.06. The average Bonchev–Trinajstić information content (AvgIpc) is 2.81. The third-order valence-corrected chi connectivity index (χ3v) is 3.42. The fourth-order valence-corrected chi connectivity index (χ4v) is 2.45. The molecule has 0 spiro atoms. The highest BCUT2D eigenvalue weighted by molar-refractivity contribution is 7.71. The Labute approximate surface area is 118 Å². The molecule has 0 aliphatic rings. The molecular weight excluding hydrogens is 284 g/mol.